The lowest BCUT2D eigenvalue weighted by Gasteiger charge is -2.30. The van der Waals surface area contributed by atoms with Crippen LogP contribution in [0.1, 0.15) is 66.2 Å². The molecule has 27 heavy (non-hydrogen) atoms. The van der Waals surface area contributed by atoms with E-state index in [1.807, 2.05) is 27.7 Å². The predicted molar refractivity (Wildman–Crippen MR) is 98.8 cm³/mol. The lowest BCUT2D eigenvalue weighted by atomic mass is 9.86. The van der Waals surface area contributed by atoms with Crippen molar-refractivity contribution >= 4 is 23.7 Å². The average Bonchev–Trinajstić information content (AvgIpc) is 2.57. The second kappa shape index (κ2) is 12.3. The molecule has 0 aliphatic rings. The SMILES string of the molecule is C[C@@H](CCC(=O)NO)CCC(=O)N[C@H](C(=O)NCCCC(=O)O)C(C)(C)C. The maximum Gasteiger partial charge on any atom is 0.303 e. The standard InChI is InChI=1S/C18H33N3O6/c1-12(8-10-14(23)21-27)7-9-13(22)20-16(18(2,3)4)17(26)19-11-5-6-15(24)25/h12,16,27H,5-11H2,1-4H3,(H,19,26)(H,20,22)(H,21,23)(H,24,25)/t12-,16-/m1/s1. The first-order valence-corrected chi connectivity index (χ1v) is 9.19. The van der Waals surface area contributed by atoms with E-state index in [4.69, 9.17) is 10.3 Å². The van der Waals surface area contributed by atoms with Crippen molar-refractivity contribution in [3.8, 4) is 0 Å². The van der Waals surface area contributed by atoms with Crippen LogP contribution in [0.4, 0.5) is 0 Å². The van der Waals surface area contributed by atoms with Crippen LogP contribution in [-0.2, 0) is 19.2 Å². The van der Waals surface area contributed by atoms with Gasteiger partial charge in [-0.2, -0.15) is 0 Å². The first kappa shape index (κ1) is 24.8. The van der Waals surface area contributed by atoms with Crippen molar-refractivity contribution in [3.05, 3.63) is 0 Å². The zero-order chi connectivity index (χ0) is 21.0. The Balaban J connectivity index is 4.46. The van der Waals surface area contributed by atoms with Gasteiger partial charge in [0.25, 0.3) is 0 Å². The summed E-state index contributed by atoms with van der Waals surface area (Å²) < 4.78 is 0. The van der Waals surface area contributed by atoms with Crippen LogP contribution in [0.15, 0.2) is 0 Å². The number of hydrogen-bond acceptors (Lipinski definition) is 5. The molecule has 0 aromatic rings. The molecule has 0 aliphatic heterocycles. The van der Waals surface area contributed by atoms with E-state index < -0.39 is 23.3 Å². The fourth-order valence-electron chi connectivity index (χ4n) is 2.42. The van der Waals surface area contributed by atoms with Gasteiger partial charge in [0.1, 0.15) is 6.04 Å². The predicted octanol–water partition coefficient (Wildman–Crippen LogP) is 1.20. The number of nitrogens with one attached hydrogen (secondary N) is 3. The van der Waals surface area contributed by atoms with E-state index in [0.29, 0.717) is 19.3 Å². The Bertz CT molecular complexity index is 516. The quantitative estimate of drug-likeness (QED) is 0.193. The van der Waals surface area contributed by atoms with Crippen molar-refractivity contribution in [3.63, 3.8) is 0 Å². The van der Waals surface area contributed by atoms with Gasteiger partial charge in [0.2, 0.25) is 17.7 Å². The molecule has 0 aliphatic carbocycles. The van der Waals surface area contributed by atoms with Crippen molar-refractivity contribution in [2.75, 3.05) is 6.54 Å². The molecule has 0 aromatic heterocycles. The minimum atomic E-state index is -0.921. The highest BCUT2D eigenvalue weighted by molar-refractivity contribution is 5.88. The van der Waals surface area contributed by atoms with Crippen molar-refractivity contribution < 1.29 is 29.5 Å². The van der Waals surface area contributed by atoms with E-state index in [1.54, 1.807) is 5.48 Å². The summed E-state index contributed by atoms with van der Waals surface area (Å²) in [6.45, 7) is 7.66. The minimum Gasteiger partial charge on any atom is -0.481 e. The topological polar surface area (TPSA) is 145 Å². The van der Waals surface area contributed by atoms with Gasteiger partial charge in [-0.15, -0.1) is 0 Å². The van der Waals surface area contributed by atoms with Gasteiger partial charge in [0, 0.05) is 25.8 Å². The second-order valence-electron chi connectivity index (χ2n) is 7.87. The second-order valence-corrected chi connectivity index (χ2v) is 7.87. The van der Waals surface area contributed by atoms with E-state index in [1.165, 1.54) is 0 Å². The van der Waals surface area contributed by atoms with E-state index in [2.05, 4.69) is 10.6 Å². The first-order valence-electron chi connectivity index (χ1n) is 9.19. The van der Waals surface area contributed by atoms with E-state index in [-0.39, 0.29) is 43.5 Å². The Morgan fingerprint density at radius 1 is 0.963 bits per heavy atom. The molecule has 0 unspecified atom stereocenters. The number of carbonyl (C=O) groups is 4. The van der Waals surface area contributed by atoms with Gasteiger partial charge in [-0.3, -0.25) is 24.4 Å². The number of carboxylic acid groups (broad SMARTS) is 1. The van der Waals surface area contributed by atoms with Crippen LogP contribution in [0.3, 0.4) is 0 Å². The summed E-state index contributed by atoms with van der Waals surface area (Å²) in [6.07, 6.45) is 1.81. The normalized spacial score (nSPS) is 13.4. The van der Waals surface area contributed by atoms with E-state index >= 15 is 0 Å². The van der Waals surface area contributed by atoms with Gasteiger partial charge in [-0.1, -0.05) is 27.7 Å². The van der Waals surface area contributed by atoms with Crippen molar-refractivity contribution in [2.24, 2.45) is 11.3 Å². The molecule has 0 bridgehead atoms. The summed E-state index contributed by atoms with van der Waals surface area (Å²) in [7, 11) is 0. The summed E-state index contributed by atoms with van der Waals surface area (Å²) in [5, 5.41) is 22.5. The number of hydroxylamine groups is 1. The first-order chi connectivity index (χ1) is 12.5. The Labute approximate surface area is 160 Å². The van der Waals surface area contributed by atoms with E-state index in [9.17, 15) is 19.2 Å². The molecule has 0 spiro atoms. The summed E-state index contributed by atoms with van der Waals surface area (Å²) in [5.41, 5.74) is 1.07. The fourth-order valence-corrected chi connectivity index (χ4v) is 2.42. The van der Waals surface area contributed by atoms with Crippen LogP contribution < -0.4 is 16.1 Å². The smallest absolute Gasteiger partial charge is 0.303 e. The molecule has 3 amide bonds. The maximum atomic E-state index is 12.4. The fraction of sp³-hybridized carbons (Fsp3) is 0.778. The zero-order valence-electron chi connectivity index (χ0n) is 16.6. The molecule has 0 saturated heterocycles. The Kier molecular flexibility index (Phi) is 11.3. The average molecular weight is 387 g/mol. The van der Waals surface area contributed by atoms with Crippen LogP contribution in [0.2, 0.25) is 0 Å². The van der Waals surface area contributed by atoms with Gasteiger partial charge < -0.3 is 15.7 Å². The van der Waals surface area contributed by atoms with Crippen LogP contribution in [0, 0.1) is 11.3 Å². The Morgan fingerprint density at radius 3 is 2.00 bits per heavy atom. The summed E-state index contributed by atoms with van der Waals surface area (Å²) in [4.78, 5) is 46.1. The number of aliphatic carboxylic acids is 1. The van der Waals surface area contributed by atoms with Crippen LogP contribution in [0.5, 0.6) is 0 Å². The lowest BCUT2D eigenvalue weighted by molar-refractivity contribution is -0.137. The Morgan fingerprint density at radius 2 is 1.52 bits per heavy atom. The van der Waals surface area contributed by atoms with Crippen LogP contribution >= 0.6 is 0 Å². The number of hydrogen-bond donors (Lipinski definition) is 5. The zero-order valence-corrected chi connectivity index (χ0v) is 16.6. The number of amides is 3. The highest BCUT2D eigenvalue weighted by atomic mass is 16.5. The van der Waals surface area contributed by atoms with Gasteiger partial charge >= 0.3 is 5.97 Å². The molecule has 0 radical (unpaired) electrons. The third-order valence-corrected chi connectivity index (χ3v) is 4.15. The highest BCUT2D eigenvalue weighted by Gasteiger charge is 2.32. The highest BCUT2D eigenvalue weighted by Crippen LogP contribution is 2.20. The number of rotatable bonds is 12. The number of carbonyl (C=O) groups excluding carboxylic acids is 3. The minimum absolute atomic E-state index is 0.0288. The molecular weight excluding hydrogens is 354 g/mol. The van der Waals surface area contributed by atoms with Gasteiger partial charge in [0.05, 0.1) is 0 Å². The number of carboxylic acids is 1. The maximum absolute atomic E-state index is 12.4. The molecule has 2 atom stereocenters. The molecule has 0 aromatic carbocycles. The molecule has 9 nitrogen and oxygen atoms in total. The van der Waals surface area contributed by atoms with Crippen molar-refractivity contribution in [2.45, 2.75) is 72.3 Å². The Hall–Kier alpha value is -2.16. The summed E-state index contributed by atoms with van der Waals surface area (Å²) in [6, 6.07) is -0.731. The molecule has 156 valence electrons. The van der Waals surface area contributed by atoms with E-state index in [0.717, 1.165) is 0 Å². The third-order valence-electron chi connectivity index (χ3n) is 4.15. The molecule has 5 N–H and O–H groups in total. The van der Waals surface area contributed by atoms with Gasteiger partial charge in [0.15, 0.2) is 0 Å². The lowest BCUT2D eigenvalue weighted by Crippen LogP contribution is -2.53. The summed E-state index contributed by atoms with van der Waals surface area (Å²) >= 11 is 0. The van der Waals surface area contributed by atoms with Gasteiger partial charge in [-0.05, 0) is 30.6 Å². The molecule has 0 fully saturated rings. The van der Waals surface area contributed by atoms with Crippen LogP contribution in [-0.4, -0.2) is 46.6 Å². The molecule has 0 saturated carbocycles. The third kappa shape index (κ3) is 12.0. The molecule has 0 rings (SSSR count). The largest absolute Gasteiger partial charge is 0.481 e. The summed E-state index contributed by atoms with van der Waals surface area (Å²) in [5.74, 6) is -1.86. The molecule has 9 heteroatoms. The monoisotopic (exact) mass is 387 g/mol. The van der Waals surface area contributed by atoms with Gasteiger partial charge in [-0.25, -0.2) is 5.48 Å². The van der Waals surface area contributed by atoms with Crippen molar-refractivity contribution in [1.82, 2.24) is 16.1 Å². The van der Waals surface area contributed by atoms with Crippen molar-refractivity contribution in [1.29, 1.82) is 0 Å². The van der Waals surface area contributed by atoms with Crippen LogP contribution in [0.25, 0.3) is 0 Å². The molecule has 0 heterocycles. The molecular formula is C18H33N3O6.